The lowest BCUT2D eigenvalue weighted by Gasteiger charge is -2.46. The summed E-state index contributed by atoms with van der Waals surface area (Å²) in [6.45, 7) is 0.372. The Morgan fingerprint density at radius 1 is 0.356 bits per heavy atom. The number of carbonyl (C=O) groups is 1. The summed E-state index contributed by atoms with van der Waals surface area (Å²) in [6, 6.07) is 4.35. The Bertz CT molecular complexity index is 2510. The van der Waals surface area contributed by atoms with Gasteiger partial charge in [-0.15, -0.1) is 0 Å². The minimum Gasteiger partial charge on any atom is -0.287 e. The van der Waals surface area contributed by atoms with E-state index in [1.807, 2.05) is 59.4 Å². The second kappa shape index (κ2) is 19.9. The van der Waals surface area contributed by atoms with E-state index >= 15 is 0 Å². The van der Waals surface area contributed by atoms with Crippen LogP contribution in [0.25, 0.3) is 0 Å². The van der Waals surface area contributed by atoms with Crippen LogP contribution >= 0.6 is 15.9 Å². The molecule has 0 spiro atoms. The fourth-order valence-corrected chi connectivity index (χ4v) is 7.73. The van der Waals surface area contributed by atoms with Crippen LogP contribution in [0, 0.1) is 0 Å². The van der Waals surface area contributed by atoms with Crippen molar-refractivity contribution < 1.29 is 115 Å². The summed E-state index contributed by atoms with van der Waals surface area (Å²) in [5, 5.41) is 0. The van der Waals surface area contributed by atoms with Crippen LogP contribution < -0.4 is 26.4 Å². The molecule has 0 aliphatic carbocycles. The smallest absolute Gasteiger partial charge is 0.287 e. The van der Waals surface area contributed by atoms with E-state index in [2.05, 4.69) is 15.9 Å². The molecule has 0 aliphatic rings. The number of rotatable bonds is 7. The predicted octanol–water partition coefficient (Wildman–Crippen LogP) is 13.8. The van der Waals surface area contributed by atoms with Gasteiger partial charge in [-0.3, -0.25) is 4.79 Å². The summed E-state index contributed by atoms with van der Waals surface area (Å²) in [7, 11) is 0. The van der Waals surface area contributed by atoms with Crippen LogP contribution in [-0.4, -0.2) is 11.9 Å². The van der Waals surface area contributed by atoms with Crippen LogP contribution in [-0.2, 0) is 56.0 Å². The summed E-state index contributed by atoms with van der Waals surface area (Å²) in [5.41, 5.74) is -29.5. The molecule has 0 saturated heterocycles. The third-order valence-electron chi connectivity index (χ3n) is 10.7. The first kappa shape index (κ1) is 57.7. The maximum atomic E-state index is 14.2. The number of carbonyl (C=O) groups excluding carboxylic acids is 1. The summed E-state index contributed by atoms with van der Waals surface area (Å²) in [5.74, 6) is 0.118. The zero-order chi connectivity index (χ0) is 55.3. The van der Waals surface area contributed by atoms with E-state index in [4.69, 9.17) is 0 Å². The summed E-state index contributed by atoms with van der Waals surface area (Å²) >= 11 is 3.36. The number of nitrogens with zero attached hydrogens (tertiary/aromatic N) is 1. The Hall–Kier alpha value is -6.22. The lowest BCUT2D eigenvalue weighted by atomic mass is 9.12. The molecule has 6 aromatic rings. The van der Waals surface area contributed by atoms with Gasteiger partial charge in [0.1, 0.15) is 6.15 Å². The molecule has 73 heavy (non-hydrogen) atoms. The van der Waals surface area contributed by atoms with Gasteiger partial charge in [0.2, 0.25) is 12.3 Å². The highest BCUT2D eigenvalue weighted by Crippen LogP contribution is 2.41. The second-order valence-electron chi connectivity index (χ2n) is 15.7. The van der Waals surface area contributed by atoms with Crippen molar-refractivity contribution in [2.24, 2.45) is 0 Å². The molecule has 0 radical (unpaired) electrons. The van der Waals surface area contributed by atoms with E-state index in [1.165, 1.54) is 0 Å². The van der Waals surface area contributed by atoms with Gasteiger partial charge in [0.15, 0.2) is 12.4 Å². The second-order valence-corrected chi connectivity index (χ2v) is 16.6. The number of Topliss-reactive ketones (excluding diaryl/α,β-unsaturated/α-hetero) is 1. The zero-order valence-electron chi connectivity index (χ0n) is 35.2. The normalized spacial score (nSPS) is 13.4. The highest BCUT2D eigenvalue weighted by Gasteiger charge is 2.47. The van der Waals surface area contributed by atoms with Crippen molar-refractivity contribution in [1.29, 1.82) is 0 Å². The molecule has 0 unspecified atom stereocenters. The van der Waals surface area contributed by atoms with Crippen molar-refractivity contribution in [2.75, 3.05) is 0 Å². The summed E-state index contributed by atoms with van der Waals surface area (Å²) in [4.78, 5) is 11.9. The van der Waals surface area contributed by atoms with Gasteiger partial charge in [0.25, 0.3) is 0 Å². The number of halogens is 25. The molecule has 0 bridgehead atoms. The fraction of sp³-hybridized carbons (Fsp3) is 0.200. The topological polar surface area (TPSA) is 20.9 Å². The van der Waals surface area contributed by atoms with Crippen LogP contribution in [0.2, 0.25) is 0 Å². The molecule has 6 rings (SSSR count). The number of ketones is 1. The van der Waals surface area contributed by atoms with Gasteiger partial charge >= 0.3 is 49.4 Å². The van der Waals surface area contributed by atoms with Crippen molar-refractivity contribution in [2.45, 2.75) is 56.0 Å². The minimum atomic E-state index is -6.13. The van der Waals surface area contributed by atoms with E-state index in [0.29, 0.717) is 6.54 Å². The Kier molecular flexibility index (Phi) is 15.7. The van der Waals surface area contributed by atoms with Gasteiger partial charge in [-0.2, -0.15) is 132 Å². The molecule has 1 aromatic heterocycles. The van der Waals surface area contributed by atoms with Crippen LogP contribution in [0.4, 0.5) is 105 Å². The average Bonchev–Trinajstić information content (AvgIpc) is 3.25. The lowest BCUT2D eigenvalue weighted by molar-refractivity contribution is -0.683. The standard InChI is InChI=1S/C32H12BF24.C13H11BrNO/c34-25(35,36)13-1-14(26(37,38)39)6-21(5-13)33(22-7-15(27(40,41)42)2-16(8-22)28(43,44)45,23-9-17(29(46,47)48)3-18(10-23)30(49,50)51)24-11-19(31(52,53)54)4-20(12-24)32(55,56)57;14-12-6-8-15(9-7-12)10-13(16)11-4-2-1-3-5-11/h1-12H;1-9H,10H2/q-1;+1. The van der Waals surface area contributed by atoms with Crippen molar-refractivity contribution in [3.8, 4) is 0 Å². The van der Waals surface area contributed by atoms with Crippen LogP contribution in [0.15, 0.2) is 132 Å². The largest absolute Gasteiger partial charge is 0.416 e. The Labute approximate surface area is 401 Å². The molecule has 0 aliphatic heterocycles. The fourth-order valence-electron chi connectivity index (χ4n) is 7.50. The molecule has 1 heterocycles. The van der Waals surface area contributed by atoms with Gasteiger partial charge in [0.05, 0.1) is 44.5 Å². The van der Waals surface area contributed by atoms with Crippen molar-refractivity contribution in [3.05, 3.63) is 182 Å². The predicted molar refractivity (Wildman–Crippen MR) is 215 cm³/mol. The molecule has 0 saturated carbocycles. The quantitative estimate of drug-likeness (QED) is 0.0675. The minimum absolute atomic E-state index is 0.118. The molecule has 0 amide bonds. The van der Waals surface area contributed by atoms with Crippen LogP contribution in [0.5, 0.6) is 0 Å². The number of hydrogen-bond donors (Lipinski definition) is 0. The first-order valence-electron chi connectivity index (χ1n) is 19.6. The van der Waals surface area contributed by atoms with Crippen LogP contribution in [0.3, 0.4) is 0 Å². The van der Waals surface area contributed by atoms with Crippen molar-refractivity contribution in [1.82, 2.24) is 0 Å². The number of hydrogen-bond acceptors (Lipinski definition) is 1. The lowest BCUT2D eigenvalue weighted by Crippen LogP contribution is -2.75. The maximum Gasteiger partial charge on any atom is 0.416 e. The number of alkyl halides is 24. The molecule has 0 N–H and O–H groups in total. The monoisotopic (exact) mass is 1140 g/mol. The van der Waals surface area contributed by atoms with Gasteiger partial charge in [-0.25, -0.2) is 0 Å². The van der Waals surface area contributed by atoms with Gasteiger partial charge < -0.3 is 0 Å². The van der Waals surface area contributed by atoms with Crippen LogP contribution in [0.1, 0.15) is 54.9 Å². The van der Waals surface area contributed by atoms with Gasteiger partial charge in [0, 0.05) is 22.2 Å². The van der Waals surface area contributed by atoms with E-state index in [9.17, 15) is 110 Å². The number of aromatic nitrogens is 1. The molecule has 0 fully saturated rings. The van der Waals surface area contributed by atoms with E-state index in [0.717, 1.165) is 10.0 Å². The summed E-state index contributed by atoms with van der Waals surface area (Å²) < 4.78 is 344. The molecule has 28 heteroatoms. The third kappa shape index (κ3) is 13.7. The Morgan fingerprint density at radius 3 is 0.781 bits per heavy atom. The SMILES string of the molecule is FC(F)(F)c1cc([B-](c2cc(C(F)(F)F)cc(C(F)(F)F)c2)(c2cc(C(F)(F)F)cc(C(F)(F)F)c2)c2cc(C(F)(F)F)cc(C(F)(F)F)c2)cc(C(F)(F)F)c1.O=C(C[n+]1ccc(Br)cc1)c1ccccc1. The first-order valence-corrected chi connectivity index (χ1v) is 20.4. The van der Waals surface area contributed by atoms with Gasteiger partial charge in [-0.1, -0.05) is 94.8 Å². The maximum absolute atomic E-state index is 14.2. The highest BCUT2D eigenvalue weighted by atomic mass is 79.9. The first-order chi connectivity index (χ1) is 33.0. The molecule has 2 nitrogen and oxygen atoms in total. The van der Waals surface area contributed by atoms with Crippen molar-refractivity contribution in [3.63, 3.8) is 0 Å². The van der Waals surface area contributed by atoms with E-state index in [-0.39, 0.29) is 5.78 Å². The molecular formula is C45H23BBrF24NO. The molecule has 0 atom stereocenters. The molecular weight excluding hydrogens is 1120 g/mol. The van der Waals surface area contributed by atoms with Gasteiger partial charge in [-0.05, 0) is 24.3 Å². The number of pyridine rings is 1. The Balaban J connectivity index is 0.000000520. The van der Waals surface area contributed by atoms with Crippen molar-refractivity contribution >= 4 is 49.7 Å². The number of benzene rings is 5. The zero-order valence-corrected chi connectivity index (χ0v) is 36.8. The van der Waals surface area contributed by atoms with E-state index in [1.54, 1.807) is 0 Å². The van der Waals surface area contributed by atoms with E-state index < -0.39 is 195 Å². The Morgan fingerprint density at radius 2 is 0.575 bits per heavy atom. The molecule has 392 valence electrons. The summed E-state index contributed by atoms with van der Waals surface area (Å²) in [6.07, 6.45) is -51.0. The average molecular weight is 1140 g/mol. The molecule has 5 aromatic carbocycles. The third-order valence-corrected chi connectivity index (χ3v) is 11.2. The highest BCUT2D eigenvalue weighted by molar-refractivity contribution is 9.10.